The molecule has 0 spiro atoms. The highest BCUT2D eigenvalue weighted by Gasteiger charge is 2.47. The molecule has 3 aliphatic rings. The Morgan fingerprint density at radius 3 is 2.63 bits per heavy atom. The Kier molecular flexibility index (Phi) is 5.71. The molecule has 0 saturated carbocycles. The molecule has 3 fully saturated rings. The van der Waals surface area contributed by atoms with Gasteiger partial charge >= 0.3 is 0 Å². The summed E-state index contributed by atoms with van der Waals surface area (Å²) < 4.78 is 7.77. The summed E-state index contributed by atoms with van der Waals surface area (Å²) in [5.41, 5.74) is 4.83. The fourth-order valence-corrected chi connectivity index (χ4v) is 5.57. The zero-order valence-corrected chi connectivity index (χ0v) is 20.4. The standard InChI is InChI=1S/C28H27ClN4O2/c1-2-35-24-7-5-6-20(14-24)28(34)33-22-15-23(33)17-31(16-22)18-25-27(19-9-11-21(29)12-10-19)30-26-8-3-4-13-32(25)26/h3-14,22-23H,2,15-18H2,1H3. The third-order valence-electron chi connectivity index (χ3n) is 7.02. The van der Waals surface area contributed by atoms with Gasteiger partial charge in [-0.3, -0.25) is 9.69 Å². The highest BCUT2D eigenvalue weighted by atomic mass is 35.5. The molecule has 0 aliphatic carbocycles. The van der Waals surface area contributed by atoms with Crippen molar-refractivity contribution in [1.82, 2.24) is 19.2 Å². The van der Waals surface area contributed by atoms with E-state index in [1.165, 1.54) is 0 Å². The van der Waals surface area contributed by atoms with Crippen molar-refractivity contribution in [3.05, 3.63) is 89.2 Å². The lowest BCUT2D eigenvalue weighted by Crippen LogP contribution is -2.69. The van der Waals surface area contributed by atoms with Crippen LogP contribution in [0.2, 0.25) is 5.02 Å². The van der Waals surface area contributed by atoms with Crippen LogP contribution < -0.4 is 4.74 Å². The monoisotopic (exact) mass is 486 g/mol. The minimum Gasteiger partial charge on any atom is -0.494 e. The van der Waals surface area contributed by atoms with E-state index < -0.39 is 0 Å². The number of benzene rings is 2. The molecule has 3 saturated heterocycles. The van der Waals surface area contributed by atoms with Crippen LogP contribution in [0, 0.1) is 0 Å². The molecule has 2 aromatic carbocycles. The van der Waals surface area contributed by atoms with Crippen molar-refractivity contribution in [1.29, 1.82) is 0 Å². The smallest absolute Gasteiger partial charge is 0.254 e. The maximum absolute atomic E-state index is 13.3. The lowest BCUT2D eigenvalue weighted by Gasteiger charge is -2.56. The van der Waals surface area contributed by atoms with E-state index in [1.807, 2.05) is 73.7 Å². The first-order valence-electron chi connectivity index (χ1n) is 12.1. The Morgan fingerprint density at radius 1 is 1.06 bits per heavy atom. The van der Waals surface area contributed by atoms with E-state index in [4.69, 9.17) is 21.3 Å². The van der Waals surface area contributed by atoms with Gasteiger partial charge < -0.3 is 14.0 Å². The zero-order valence-electron chi connectivity index (χ0n) is 19.6. The average Bonchev–Trinajstić information content (AvgIpc) is 3.23. The predicted molar refractivity (Wildman–Crippen MR) is 137 cm³/mol. The maximum Gasteiger partial charge on any atom is 0.254 e. The number of amides is 1. The second-order valence-corrected chi connectivity index (χ2v) is 9.69. The predicted octanol–water partition coefficient (Wildman–Crippen LogP) is 5.15. The molecule has 1 amide bonds. The summed E-state index contributed by atoms with van der Waals surface area (Å²) in [6.07, 6.45) is 3.13. The molecule has 3 aliphatic heterocycles. The number of nitrogens with zero attached hydrogens (tertiary/aromatic N) is 4. The van der Waals surface area contributed by atoms with E-state index in [9.17, 15) is 4.79 Å². The van der Waals surface area contributed by atoms with E-state index in [2.05, 4.69) is 20.4 Å². The Labute approximate surface area is 209 Å². The molecule has 6 nitrogen and oxygen atoms in total. The summed E-state index contributed by atoms with van der Waals surface area (Å²) in [6.45, 7) is 5.02. The number of ether oxygens (including phenoxy) is 1. The first-order valence-corrected chi connectivity index (χ1v) is 12.5. The van der Waals surface area contributed by atoms with Crippen LogP contribution in [0.15, 0.2) is 72.9 Å². The third kappa shape index (κ3) is 4.07. The molecular weight excluding hydrogens is 460 g/mol. The number of rotatable bonds is 6. The van der Waals surface area contributed by atoms with Crippen LogP contribution in [0.1, 0.15) is 29.4 Å². The number of fused-ring (bicyclic) bond motifs is 3. The lowest BCUT2D eigenvalue weighted by molar-refractivity contribution is -0.0503. The van der Waals surface area contributed by atoms with E-state index in [-0.39, 0.29) is 18.0 Å². The number of hydrogen-bond donors (Lipinski definition) is 0. The van der Waals surface area contributed by atoms with Crippen LogP contribution in [0.25, 0.3) is 16.9 Å². The van der Waals surface area contributed by atoms with Gasteiger partial charge in [-0.1, -0.05) is 35.9 Å². The third-order valence-corrected chi connectivity index (χ3v) is 7.27. The van der Waals surface area contributed by atoms with Crippen molar-refractivity contribution in [3.8, 4) is 17.0 Å². The second kappa shape index (κ2) is 9.02. The van der Waals surface area contributed by atoms with Gasteiger partial charge in [0.15, 0.2) is 0 Å². The van der Waals surface area contributed by atoms with Crippen LogP contribution in [0.3, 0.4) is 0 Å². The van der Waals surface area contributed by atoms with Crippen molar-refractivity contribution in [3.63, 3.8) is 0 Å². The Morgan fingerprint density at radius 2 is 1.86 bits per heavy atom. The number of carbonyl (C=O) groups excluding carboxylic acids is 1. The number of piperazine rings is 1. The van der Waals surface area contributed by atoms with Crippen molar-refractivity contribution >= 4 is 23.2 Å². The Hall–Kier alpha value is -3.35. The molecule has 0 radical (unpaired) electrons. The molecule has 4 aromatic rings. The number of halogens is 1. The fourth-order valence-electron chi connectivity index (χ4n) is 5.44. The van der Waals surface area contributed by atoms with Crippen molar-refractivity contribution in [2.75, 3.05) is 19.7 Å². The topological polar surface area (TPSA) is 50.1 Å². The van der Waals surface area contributed by atoms with E-state index in [0.29, 0.717) is 17.2 Å². The number of hydrogen-bond acceptors (Lipinski definition) is 4. The largest absolute Gasteiger partial charge is 0.494 e. The molecule has 2 aromatic heterocycles. The van der Waals surface area contributed by atoms with Gasteiger partial charge in [0, 0.05) is 54.1 Å². The first kappa shape index (κ1) is 22.1. The van der Waals surface area contributed by atoms with Gasteiger partial charge in [0.2, 0.25) is 0 Å². The molecular formula is C28H27ClN4O2. The SMILES string of the molecule is CCOc1cccc(C(=O)N2C3CC2CN(Cc2c(-c4ccc(Cl)cc4)nc4ccccn24)C3)c1. The average molecular weight is 487 g/mol. The maximum atomic E-state index is 13.3. The highest BCUT2D eigenvalue weighted by molar-refractivity contribution is 6.30. The van der Waals surface area contributed by atoms with E-state index >= 15 is 0 Å². The van der Waals surface area contributed by atoms with Gasteiger partial charge in [-0.2, -0.15) is 0 Å². The van der Waals surface area contributed by atoms with Gasteiger partial charge in [0.25, 0.3) is 5.91 Å². The molecule has 7 rings (SSSR count). The number of imidazole rings is 1. The molecule has 0 N–H and O–H groups in total. The lowest BCUT2D eigenvalue weighted by atomic mass is 9.86. The van der Waals surface area contributed by atoms with Crippen LogP contribution in [-0.2, 0) is 6.54 Å². The Balaban J connectivity index is 1.22. The summed E-state index contributed by atoms with van der Waals surface area (Å²) >= 11 is 6.13. The molecule has 7 heteroatoms. The zero-order chi connectivity index (χ0) is 23.9. The first-order chi connectivity index (χ1) is 17.1. The second-order valence-electron chi connectivity index (χ2n) is 9.25. The Bertz CT molecular complexity index is 1370. The number of aromatic nitrogens is 2. The minimum atomic E-state index is 0.101. The van der Waals surface area contributed by atoms with Crippen LogP contribution in [0.4, 0.5) is 0 Å². The van der Waals surface area contributed by atoms with Gasteiger partial charge in [0.05, 0.1) is 18.0 Å². The van der Waals surface area contributed by atoms with Gasteiger partial charge in [-0.15, -0.1) is 0 Å². The summed E-state index contributed by atoms with van der Waals surface area (Å²) in [6, 6.07) is 21.9. The highest BCUT2D eigenvalue weighted by Crippen LogP contribution is 2.36. The van der Waals surface area contributed by atoms with Gasteiger partial charge in [-0.25, -0.2) is 4.98 Å². The summed E-state index contributed by atoms with van der Waals surface area (Å²) in [4.78, 5) is 22.7. The fraction of sp³-hybridized carbons (Fsp3) is 0.286. The van der Waals surface area contributed by atoms with Gasteiger partial charge in [0.1, 0.15) is 11.4 Å². The van der Waals surface area contributed by atoms with Crippen LogP contribution in [-0.4, -0.2) is 56.9 Å². The van der Waals surface area contributed by atoms with Crippen molar-refractivity contribution < 1.29 is 9.53 Å². The van der Waals surface area contributed by atoms with Gasteiger partial charge in [-0.05, 0) is 55.8 Å². The summed E-state index contributed by atoms with van der Waals surface area (Å²) in [5, 5.41) is 0.715. The van der Waals surface area contributed by atoms with Crippen molar-refractivity contribution in [2.45, 2.75) is 32.0 Å². The molecule has 35 heavy (non-hydrogen) atoms. The van der Waals surface area contributed by atoms with E-state index in [0.717, 1.165) is 54.4 Å². The number of carbonyl (C=O) groups is 1. The molecule has 5 heterocycles. The molecule has 2 unspecified atom stereocenters. The molecule has 178 valence electrons. The summed E-state index contributed by atoms with van der Waals surface area (Å²) in [5.74, 6) is 0.845. The molecule has 2 bridgehead atoms. The minimum absolute atomic E-state index is 0.101. The normalized spacial score (nSPS) is 19.5. The summed E-state index contributed by atoms with van der Waals surface area (Å²) in [7, 11) is 0. The van der Waals surface area contributed by atoms with Crippen LogP contribution >= 0.6 is 11.6 Å². The quantitative estimate of drug-likeness (QED) is 0.378. The van der Waals surface area contributed by atoms with E-state index in [1.54, 1.807) is 0 Å². The molecule has 2 atom stereocenters. The van der Waals surface area contributed by atoms with Crippen molar-refractivity contribution in [2.24, 2.45) is 0 Å². The number of pyridine rings is 1. The van der Waals surface area contributed by atoms with Crippen LogP contribution in [0.5, 0.6) is 5.75 Å². The number of piperidine rings is 1.